The molecule has 1 saturated carbocycles. The van der Waals surface area contributed by atoms with E-state index >= 15 is 0 Å². The summed E-state index contributed by atoms with van der Waals surface area (Å²) in [5.41, 5.74) is 2.73. The van der Waals surface area contributed by atoms with Crippen LogP contribution in [-0.4, -0.2) is 27.7 Å². The van der Waals surface area contributed by atoms with Crippen molar-refractivity contribution in [2.45, 2.75) is 44.3 Å². The van der Waals surface area contributed by atoms with Crippen LogP contribution in [0.15, 0.2) is 60.8 Å². The fraction of sp³-hybridized carbons (Fsp3) is 0.320. The lowest BCUT2D eigenvalue weighted by Gasteiger charge is -2.23. The molecular formula is C25H28N4O2S. The summed E-state index contributed by atoms with van der Waals surface area (Å²) < 4.78 is 8.78. The molecule has 0 atom stereocenters. The Kier molecular flexibility index (Phi) is 6.65. The van der Waals surface area contributed by atoms with Crippen LogP contribution in [0.1, 0.15) is 39.3 Å². The van der Waals surface area contributed by atoms with Crippen molar-refractivity contribution >= 4 is 29.5 Å². The van der Waals surface area contributed by atoms with Crippen LogP contribution in [0.25, 0.3) is 11.1 Å². The summed E-state index contributed by atoms with van der Waals surface area (Å²) in [5, 5.41) is 3.66. The Morgan fingerprint density at radius 2 is 1.91 bits per heavy atom. The quantitative estimate of drug-likeness (QED) is 0.410. The lowest BCUT2D eigenvalue weighted by atomic mass is 9.88. The summed E-state index contributed by atoms with van der Waals surface area (Å²) in [6, 6.07) is 17.6. The molecule has 0 bridgehead atoms. The number of nitrogens with one attached hydrogen (secondary N) is 2. The number of aromatic nitrogens is 2. The number of amides is 1. The van der Waals surface area contributed by atoms with Crippen molar-refractivity contribution in [1.29, 1.82) is 0 Å². The highest BCUT2D eigenvalue weighted by Gasteiger charge is 2.32. The topological polar surface area (TPSA) is 76.1 Å². The predicted molar refractivity (Wildman–Crippen MR) is 131 cm³/mol. The third-order valence-corrected chi connectivity index (χ3v) is 6.43. The zero-order chi connectivity index (χ0) is 22.6. The van der Waals surface area contributed by atoms with Gasteiger partial charge in [0.15, 0.2) is 0 Å². The highest BCUT2D eigenvalue weighted by Crippen LogP contribution is 2.34. The van der Waals surface area contributed by atoms with Crippen LogP contribution in [-0.2, 0) is 10.2 Å². The highest BCUT2D eigenvalue weighted by molar-refractivity contribution is 8.01. The highest BCUT2D eigenvalue weighted by atomic mass is 32.2. The normalized spacial score (nSPS) is 13.5. The van der Waals surface area contributed by atoms with Gasteiger partial charge in [0.1, 0.15) is 5.75 Å². The maximum Gasteiger partial charge on any atom is 0.236 e. The Bertz CT molecular complexity index is 1080. The van der Waals surface area contributed by atoms with Crippen LogP contribution in [0.4, 0.5) is 11.6 Å². The van der Waals surface area contributed by atoms with Gasteiger partial charge in [-0.1, -0.05) is 24.3 Å². The first-order valence-corrected chi connectivity index (χ1v) is 11.7. The number of carbonyl (C=O) groups is 1. The number of benzene rings is 2. The summed E-state index contributed by atoms with van der Waals surface area (Å²) in [4.78, 5) is 21.9. The average molecular weight is 449 g/mol. The Labute approximate surface area is 193 Å². The number of carbonyl (C=O) groups excluding carboxylic acids is 1. The number of hydrogen-bond acceptors (Lipinski definition) is 6. The lowest BCUT2D eigenvalue weighted by molar-refractivity contribution is -0.120. The second-order valence-electron chi connectivity index (χ2n) is 8.30. The molecule has 1 aromatic heterocycles. The second-order valence-corrected chi connectivity index (χ2v) is 9.41. The third kappa shape index (κ3) is 5.40. The molecule has 0 unspecified atom stereocenters. The fourth-order valence-corrected chi connectivity index (χ4v) is 3.90. The minimum atomic E-state index is -0.811. The van der Waals surface area contributed by atoms with Gasteiger partial charge in [-0.3, -0.25) is 9.52 Å². The van der Waals surface area contributed by atoms with E-state index in [4.69, 9.17) is 4.74 Å². The van der Waals surface area contributed by atoms with Crippen molar-refractivity contribution in [2.75, 3.05) is 16.6 Å². The molecule has 1 heterocycles. The van der Waals surface area contributed by atoms with E-state index in [1.807, 2.05) is 69.3 Å². The Morgan fingerprint density at radius 3 is 2.62 bits per heavy atom. The molecule has 6 nitrogen and oxygen atoms in total. The van der Waals surface area contributed by atoms with Crippen LogP contribution < -0.4 is 14.8 Å². The second kappa shape index (κ2) is 9.61. The van der Waals surface area contributed by atoms with Crippen LogP contribution in [0.3, 0.4) is 0 Å². The molecule has 4 rings (SSSR count). The molecule has 166 valence electrons. The SMILES string of the molecule is CCOc1cccc(-c2ccc(NC(=O)C(C)(C)c3ccnc(NSC4CC4)n3)cc2)c1. The summed E-state index contributed by atoms with van der Waals surface area (Å²) in [5.74, 6) is 1.26. The van der Waals surface area contributed by atoms with E-state index in [9.17, 15) is 4.79 Å². The van der Waals surface area contributed by atoms with Gasteiger partial charge in [-0.05, 0) is 87.0 Å². The number of rotatable bonds is 9. The molecule has 0 radical (unpaired) electrons. The van der Waals surface area contributed by atoms with E-state index in [0.29, 0.717) is 23.5 Å². The number of anilines is 2. The molecule has 1 fully saturated rings. The summed E-state index contributed by atoms with van der Waals surface area (Å²) in [6.07, 6.45) is 4.14. The fourth-order valence-electron chi connectivity index (χ4n) is 3.16. The predicted octanol–water partition coefficient (Wildman–Crippen LogP) is 5.68. The first kappa shape index (κ1) is 22.1. The van der Waals surface area contributed by atoms with Crippen LogP contribution in [0.5, 0.6) is 5.75 Å². The van der Waals surface area contributed by atoms with E-state index < -0.39 is 5.41 Å². The molecular weight excluding hydrogens is 420 g/mol. The molecule has 1 aliphatic carbocycles. The van der Waals surface area contributed by atoms with Crippen molar-refractivity contribution in [3.05, 3.63) is 66.5 Å². The first-order valence-electron chi connectivity index (χ1n) is 10.9. The van der Waals surface area contributed by atoms with Gasteiger partial charge in [0.2, 0.25) is 11.9 Å². The molecule has 0 spiro atoms. The smallest absolute Gasteiger partial charge is 0.236 e. The zero-order valence-electron chi connectivity index (χ0n) is 18.6. The van der Waals surface area contributed by atoms with Gasteiger partial charge in [-0.2, -0.15) is 0 Å². The number of nitrogens with zero attached hydrogens (tertiary/aromatic N) is 2. The van der Waals surface area contributed by atoms with Crippen molar-refractivity contribution in [1.82, 2.24) is 9.97 Å². The summed E-state index contributed by atoms with van der Waals surface area (Å²) >= 11 is 1.65. The van der Waals surface area contributed by atoms with Crippen LogP contribution in [0.2, 0.25) is 0 Å². The van der Waals surface area contributed by atoms with Gasteiger partial charge < -0.3 is 10.1 Å². The largest absolute Gasteiger partial charge is 0.494 e. The first-order chi connectivity index (χ1) is 15.5. The van der Waals surface area contributed by atoms with Gasteiger partial charge in [0.05, 0.1) is 17.7 Å². The van der Waals surface area contributed by atoms with Gasteiger partial charge in [-0.25, -0.2) is 9.97 Å². The maximum absolute atomic E-state index is 13.1. The number of ether oxygens (including phenoxy) is 1. The zero-order valence-corrected chi connectivity index (χ0v) is 19.4. The minimum Gasteiger partial charge on any atom is -0.494 e. The summed E-state index contributed by atoms with van der Waals surface area (Å²) in [7, 11) is 0. The molecule has 0 aliphatic heterocycles. The number of hydrogen-bond donors (Lipinski definition) is 2. The van der Waals surface area contributed by atoms with E-state index in [0.717, 1.165) is 22.6 Å². The Balaban J connectivity index is 1.43. The average Bonchev–Trinajstić information content (AvgIpc) is 3.63. The van der Waals surface area contributed by atoms with Gasteiger partial charge in [0, 0.05) is 17.1 Å². The molecule has 32 heavy (non-hydrogen) atoms. The third-order valence-electron chi connectivity index (χ3n) is 5.33. The molecule has 1 amide bonds. The summed E-state index contributed by atoms with van der Waals surface area (Å²) in [6.45, 7) is 6.34. The molecule has 1 aliphatic rings. The van der Waals surface area contributed by atoms with Crippen molar-refractivity contribution in [3.63, 3.8) is 0 Å². The van der Waals surface area contributed by atoms with E-state index in [-0.39, 0.29) is 5.91 Å². The Morgan fingerprint density at radius 1 is 1.12 bits per heavy atom. The van der Waals surface area contributed by atoms with Crippen molar-refractivity contribution in [2.24, 2.45) is 0 Å². The van der Waals surface area contributed by atoms with Gasteiger partial charge >= 0.3 is 0 Å². The van der Waals surface area contributed by atoms with Crippen LogP contribution >= 0.6 is 11.9 Å². The van der Waals surface area contributed by atoms with Crippen molar-refractivity contribution in [3.8, 4) is 16.9 Å². The minimum absolute atomic E-state index is 0.122. The van der Waals surface area contributed by atoms with E-state index in [1.54, 1.807) is 24.2 Å². The van der Waals surface area contributed by atoms with Crippen LogP contribution in [0, 0.1) is 0 Å². The molecule has 2 N–H and O–H groups in total. The van der Waals surface area contributed by atoms with Gasteiger partial charge in [-0.15, -0.1) is 0 Å². The Hall–Kier alpha value is -3.06. The van der Waals surface area contributed by atoms with E-state index in [1.165, 1.54) is 12.8 Å². The van der Waals surface area contributed by atoms with Crippen molar-refractivity contribution < 1.29 is 9.53 Å². The molecule has 2 aromatic carbocycles. The standard InChI is InChI=1S/C25H28N4O2S/c1-4-31-20-7-5-6-18(16-20)17-8-10-19(11-9-17)27-23(30)25(2,3)22-14-15-26-24(28-22)29-32-21-12-13-21/h5-11,14-16,21H,4,12-13H2,1-3H3,(H,27,30)(H,26,28,29). The lowest BCUT2D eigenvalue weighted by Crippen LogP contribution is -2.35. The molecule has 7 heteroatoms. The van der Waals surface area contributed by atoms with Gasteiger partial charge in [0.25, 0.3) is 0 Å². The monoisotopic (exact) mass is 448 g/mol. The maximum atomic E-state index is 13.1. The molecule has 3 aromatic rings. The van der Waals surface area contributed by atoms with E-state index in [2.05, 4.69) is 20.0 Å². The molecule has 0 saturated heterocycles.